The molecule has 1 amide bonds. The quantitative estimate of drug-likeness (QED) is 0.171. The number of anilines is 1. The summed E-state index contributed by atoms with van der Waals surface area (Å²) >= 11 is 7.35. The van der Waals surface area contributed by atoms with Gasteiger partial charge < -0.3 is 24.8 Å². The highest BCUT2D eigenvalue weighted by atomic mass is 35.5. The maximum absolute atomic E-state index is 12.8. The summed E-state index contributed by atoms with van der Waals surface area (Å²) in [7, 11) is 0. The van der Waals surface area contributed by atoms with Crippen molar-refractivity contribution in [3.63, 3.8) is 0 Å². The van der Waals surface area contributed by atoms with E-state index in [1.165, 1.54) is 58.5 Å². The van der Waals surface area contributed by atoms with Gasteiger partial charge in [0.15, 0.2) is 17.3 Å². The number of hydrogen-bond acceptors (Lipinski definition) is 12. The van der Waals surface area contributed by atoms with Crippen LogP contribution in [0.5, 0.6) is 11.5 Å². The number of aromatic hydroxyl groups is 1. The highest BCUT2D eigenvalue weighted by Gasteiger charge is 2.51. The van der Waals surface area contributed by atoms with Gasteiger partial charge in [0.25, 0.3) is 5.91 Å². The average molecular weight is 846 g/mol. The first kappa shape index (κ1) is 40.1. The van der Waals surface area contributed by atoms with Crippen LogP contribution < -0.4 is 15.0 Å². The molecule has 0 radical (unpaired) electrons. The van der Waals surface area contributed by atoms with Crippen molar-refractivity contribution in [2.45, 2.75) is 108 Å². The van der Waals surface area contributed by atoms with Crippen molar-refractivity contribution in [1.29, 1.82) is 5.26 Å². The summed E-state index contributed by atoms with van der Waals surface area (Å²) in [6.07, 6.45) is 10.4. The van der Waals surface area contributed by atoms with Gasteiger partial charge in [-0.25, -0.2) is 0 Å². The monoisotopic (exact) mass is 845 g/mol. The van der Waals surface area contributed by atoms with Crippen molar-refractivity contribution in [1.82, 2.24) is 30.3 Å². The number of benzene rings is 2. The number of nitrogens with zero attached hydrogens (tertiary/aromatic N) is 8. The normalized spacial score (nSPS) is 21.6. The zero-order valence-electron chi connectivity index (χ0n) is 34.1. The minimum atomic E-state index is -0.298. The third kappa shape index (κ3) is 7.86. The number of ether oxygens (including phenoxy) is 2. The van der Waals surface area contributed by atoms with E-state index in [2.05, 4.69) is 73.3 Å². The van der Waals surface area contributed by atoms with Gasteiger partial charge >= 0.3 is 0 Å². The first-order valence-electron chi connectivity index (χ1n) is 20.9. The second kappa shape index (κ2) is 16.2. The highest BCUT2D eigenvalue weighted by Crippen LogP contribution is 2.53. The minimum absolute atomic E-state index is 0.0588. The van der Waals surface area contributed by atoms with E-state index in [1.54, 1.807) is 17.4 Å². The van der Waals surface area contributed by atoms with Crippen molar-refractivity contribution in [2.75, 3.05) is 24.6 Å². The molecule has 1 saturated heterocycles. The van der Waals surface area contributed by atoms with Crippen molar-refractivity contribution >= 4 is 40.4 Å². The van der Waals surface area contributed by atoms with Crippen LogP contribution in [-0.2, 0) is 10.3 Å². The average Bonchev–Trinajstić information content (AvgIpc) is 3.69. The summed E-state index contributed by atoms with van der Waals surface area (Å²) in [5, 5.41) is 39.7. The van der Waals surface area contributed by atoms with E-state index in [4.69, 9.17) is 36.4 Å². The number of carbonyl (C=O) groups is 1. The first-order valence-corrected chi connectivity index (χ1v) is 22.1. The molecule has 15 heteroatoms. The Morgan fingerprint density at radius 3 is 2.52 bits per heavy atom. The number of phenolic OH excluding ortho intramolecular Hbond substituents is 1. The van der Waals surface area contributed by atoms with Crippen molar-refractivity contribution < 1.29 is 19.4 Å². The Morgan fingerprint density at radius 2 is 1.80 bits per heavy atom. The fourth-order valence-corrected chi connectivity index (χ4v) is 10.4. The van der Waals surface area contributed by atoms with Gasteiger partial charge in [-0.2, -0.15) is 5.26 Å². The Labute approximate surface area is 358 Å². The Balaban J connectivity index is 0.000000408. The molecule has 3 aliphatic carbocycles. The number of hydrogen-bond donors (Lipinski definition) is 2. The minimum Gasteiger partial charge on any atom is -0.508 e. The number of amides is 1. The van der Waals surface area contributed by atoms with Gasteiger partial charge in [-0.3, -0.25) is 14.4 Å². The van der Waals surface area contributed by atoms with Crippen LogP contribution in [-0.4, -0.2) is 79.1 Å². The molecule has 60 heavy (non-hydrogen) atoms. The van der Waals surface area contributed by atoms with Crippen LogP contribution in [0, 0.1) is 32.1 Å². The SMILES string of the molecule is Cc1sc2c(c1C)C(c1ccc(OC3CCC4(C3)CN(c3ccc(C(=O)NC5CCCCC5)nn3)CCO4)cc1)=NC1(CC1)c1nnc(C)n1-2.N#Cc1ccc(O)cc1Cl. The second-order valence-corrected chi connectivity index (χ2v) is 18.3. The standard InChI is InChI=1S/C38H44N8O3S.C7H4ClNO/c1-23-24(2)50-35-32(23)33(40-38(17-18-38)36-44-41-25(3)46(35)36)26-9-11-28(12-10-26)49-29-15-16-37(21-29)22-45(19-20-48-37)31-14-13-30(42-43-31)34(47)39-27-7-5-4-6-8-27;8-7-3-6(10)2-1-5(7)4-9/h9-14,27,29H,4-8,15-22H2,1-3H3,(H,39,47);1-3,10H. The molecule has 310 valence electrons. The fraction of sp³-hybridized carbons (Fsp3) is 0.444. The highest BCUT2D eigenvalue weighted by molar-refractivity contribution is 7.15. The predicted molar refractivity (Wildman–Crippen MR) is 230 cm³/mol. The third-order valence-corrected chi connectivity index (χ3v) is 14.0. The van der Waals surface area contributed by atoms with Crippen LogP contribution in [0.3, 0.4) is 0 Å². The van der Waals surface area contributed by atoms with Gasteiger partial charge in [-0.1, -0.05) is 30.9 Å². The largest absolute Gasteiger partial charge is 0.508 e. The van der Waals surface area contributed by atoms with Crippen LogP contribution in [0.1, 0.15) is 113 Å². The van der Waals surface area contributed by atoms with E-state index in [-0.39, 0.29) is 40.0 Å². The maximum atomic E-state index is 12.8. The topological polar surface area (TPSA) is 164 Å². The smallest absolute Gasteiger partial charge is 0.272 e. The van der Waals surface area contributed by atoms with E-state index in [9.17, 15) is 4.79 Å². The maximum Gasteiger partial charge on any atom is 0.272 e. The van der Waals surface area contributed by atoms with Crippen LogP contribution in [0.4, 0.5) is 5.82 Å². The molecule has 3 saturated carbocycles. The van der Waals surface area contributed by atoms with E-state index in [0.717, 1.165) is 92.5 Å². The molecule has 2 N–H and O–H groups in total. The lowest BCUT2D eigenvalue weighted by molar-refractivity contribution is -0.0559. The molecule has 2 atom stereocenters. The number of morpholine rings is 1. The Morgan fingerprint density at radius 1 is 1.00 bits per heavy atom. The summed E-state index contributed by atoms with van der Waals surface area (Å²) in [4.78, 5) is 21.7. The molecular weight excluding hydrogens is 798 g/mol. The van der Waals surface area contributed by atoms with Crippen LogP contribution in [0.2, 0.25) is 5.02 Å². The third-order valence-electron chi connectivity index (χ3n) is 12.5. The number of nitriles is 1. The Hall–Kier alpha value is -5.36. The number of phenols is 1. The molecule has 13 nitrogen and oxygen atoms in total. The van der Waals surface area contributed by atoms with Crippen LogP contribution in [0.15, 0.2) is 59.6 Å². The number of carbonyl (C=O) groups excluding carboxylic acids is 1. The lowest BCUT2D eigenvalue weighted by atomic mass is 9.95. The lowest BCUT2D eigenvalue weighted by Gasteiger charge is -2.41. The molecule has 2 spiro atoms. The number of aromatic nitrogens is 5. The van der Waals surface area contributed by atoms with E-state index >= 15 is 0 Å². The number of nitrogens with one attached hydrogen (secondary N) is 1. The number of halogens is 1. The van der Waals surface area contributed by atoms with E-state index < -0.39 is 0 Å². The number of rotatable bonds is 6. The molecule has 5 aliphatic rings. The first-order chi connectivity index (χ1) is 29.0. The zero-order chi connectivity index (χ0) is 41.6. The summed E-state index contributed by atoms with van der Waals surface area (Å²) in [6, 6.07) is 18.5. The van der Waals surface area contributed by atoms with E-state index in [0.29, 0.717) is 17.9 Å². The van der Waals surface area contributed by atoms with Gasteiger partial charge in [0, 0.05) is 41.6 Å². The molecule has 2 aliphatic heterocycles. The molecule has 0 bridgehead atoms. The summed E-state index contributed by atoms with van der Waals surface area (Å²) in [6.45, 7) is 8.50. The van der Waals surface area contributed by atoms with Crippen molar-refractivity contribution in [2.24, 2.45) is 4.99 Å². The molecule has 3 aromatic heterocycles. The van der Waals surface area contributed by atoms with Gasteiger partial charge in [0.2, 0.25) is 0 Å². The number of aryl methyl sites for hydroxylation is 2. The van der Waals surface area contributed by atoms with Gasteiger partial charge in [-0.15, -0.1) is 31.7 Å². The van der Waals surface area contributed by atoms with Gasteiger partial charge in [0.1, 0.15) is 40.0 Å². The lowest BCUT2D eigenvalue weighted by Crippen LogP contribution is -2.51. The molecule has 4 fully saturated rings. The number of thiophene rings is 1. The molecule has 5 aromatic rings. The molecular formula is C45H48ClN9O4S. The van der Waals surface area contributed by atoms with E-state index in [1.807, 2.05) is 19.1 Å². The number of fused-ring (bicyclic) bond motifs is 4. The fourth-order valence-electron chi connectivity index (χ4n) is 8.99. The second-order valence-electron chi connectivity index (χ2n) is 16.7. The zero-order valence-corrected chi connectivity index (χ0v) is 35.7. The van der Waals surface area contributed by atoms with Gasteiger partial charge in [0.05, 0.1) is 28.5 Å². The Kier molecular flexibility index (Phi) is 10.9. The molecule has 2 aromatic carbocycles. The molecule has 5 heterocycles. The summed E-state index contributed by atoms with van der Waals surface area (Å²) in [5.74, 6) is 3.46. The number of aliphatic imine (C=N–C) groups is 1. The van der Waals surface area contributed by atoms with Crippen molar-refractivity contribution in [3.8, 4) is 22.6 Å². The van der Waals surface area contributed by atoms with Crippen molar-refractivity contribution in [3.05, 3.63) is 104 Å². The molecule has 10 rings (SSSR count). The summed E-state index contributed by atoms with van der Waals surface area (Å²) in [5.41, 5.74) is 4.74. The van der Waals surface area contributed by atoms with Crippen LogP contribution in [0.25, 0.3) is 5.00 Å². The summed E-state index contributed by atoms with van der Waals surface area (Å²) < 4.78 is 15.3. The van der Waals surface area contributed by atoms with Crippen LogP contribution >= 0.6 is 22.9 Å². The molecule has 2 unspecified atom stereocenters. The van der Waals surface area contributed by atoms with Gasteiger partial charge in [-0.05, 0) is 119 Å². The Bertz CT molecular complexity index is 2480. The predicted octanol–water partition coefficient (Wildman–Crippen LogP) is 8.07.